The predicted molar refractivity (Wildman–Crippen MR) is 336 cm³/mol. The number of hydrogen-bond donors (Lipinski definition) is 0. The van der Waals surface area contributed by atoms with Crippen molar-refractivity contribution in [3.8, 4) is 66.8 Å². The minimum absolute atomic E-state index is 0.0640. The van der Waals surface area contributed by atoms with Crippen LogP contribution in [0.2, 0.25) is 0 Å². The number of para-hydroxylation sites is 1. The van der Waals surface area contributed by atoms with Crippen molar-refractivity contribution in [2.45, 2.75) is 66.2 Å². The van der Waals surface area contributed by atoms with Crippen LogP contribution < -0.4 is 9.80 Å². The average Bonchev–Trinajstić information content (AvgIpc) is 3.88. The standard InChI is InChI=1S/C76H62F2N2O/c1-47-23-39-68(62(41-47)49-17-11-9-12-18-49)79(55-31-25-51(26-32-55)75(3,4)5)57-35-38-60-66(45-57)64-43-53(77)29-36-58(64)59-37-30-54(78)44-65(59)67-46-70(73-61-21-15-16-22-71(61)81-74(73)72(60)67)80(56-33-27-52(28-34-56)76(6,7)8)69-40-24-48(2)42-63(69)50-19-13-10-14-20-50/h9-46H,1-8H3. The number of hydrogen-bond acceptors (Lipinski definition) is 3. The number of halogens is 2. The van der Waals surface area contributed by atoms with E-state index in [0.717, 1.165) is 112 Å². The summed E-state index contributed by atoms with van der Waals surface area (Å²) < 4.78 is 40.2. The second-order valence-corrected chi connectivity index (χ2v) is 23.8. The third kappa shape index (κ3) is 9.17. The molecule has 5 heteroatoms. The van der Waals surface area contributed by atoms with E-state index in [1.807, 2.05) is 36.4 Å². The van der Waals surface area contributed by atoms with E-state index >= 15 is 8.78 Å². The first-order chi connectivity index (χ1) is 39.1. The summed E-state index contributed by atoms with van der Waals surface area (Å²) in [5.74, 6) is -0.760. The fourth-order valence-corrected chi connectivity index (χ4v) is 12.0. The first kappa shape index (κ1) is 51.1. The molecule has 0 spiro atoms. The average molecular weight is 1060 g/mol. The van der Waals surface area contributed by atoms with E-state index in [9.17, 15) is 0 Å². The first-order valence-corrected chi connectivity index (χ1v) is 27.9. The third-order valence-corrected chi connectivity index (χ3v) is 16.2. The van der Waals surface area contributed by atoms with Crippen LogP contribution in [0.25, 0.3) is 88.7 Å². The van der Waals surface area contributed by atoms with Gasteiger partial charge in [-0.2, -0.15) is 0 Å². The Morgan fingerprint density at radius 3 is 1.35 bits per heavy atom. The second kappa shape index (κ2) is 19.8. The number of furan rings is 1. The van der Waals surface area contributed by atoms with Crippen molar-refractivity contribution in [2.24, 2.45) is 0 Å². The van der Waals surface area contributed by atoms with Crippen molar-refractivity contribution in [2.75, 3.05) is 9.80 Å². The molecule has 12 aromatic rings. The molecule has 81 heavy (non-hydrogen) atoms. The van der Waals surface area contributed by atoms with Crippen molar-refractivity contribution < 1.29 is 13.2 Å². The molecule has 3 nitrogen and oxygen atoms in total. The summed E-state index contributed by atoms with van der Waals surface area (Å²) in [6.45, 7) is 17.7. The van der Waals surface area contributed by atoms with Crippen LogP contribution in [0.4, 0.5) is 42.9 Å². The van der Waals surface area contributed by atoms with Crippen LogP contribution in [0, 0.1) is 25.5 Å². The van der Waals surface area contributed by atoms with Gasteiger partial charge in [0.25, 0.3) is 0 Å². The largest absolute Gasteiger partial charge is 0.455 e. The molecule has 0 saturated heterocycles. The van der Waals surface area contributed by atoms with Crippen molar-refractivity contribution in [1.29, 1.82) is 0 Å². The highest BCUT2D eigenvalue weighted by Crippen LogP contribution is 2.57. The Labute approximate surface area is 474 Å². The zero-order valence-electron chi connectivity index (χ0n) is 47.0. The lowest BCUT2D eigenvalue weighted by Gasteiger charge is -2.32. The Morgan fingerprint density at radius 2 is 0.802 bits per heavy atom. The molecule has 0 bridgehead atoms. The molecule has 0 fully saturated rings. The van der Waals surface area contributed by atoms with Crippen LogP contribution in [-0.2, 0) is 10.8 Å². The topological polar surface area (TPSA) is 19.6 Å². The lowest BCUT2D eigenvalue weighted by Crippen LogP contribution is -2.15. The van der Waals surface area contributed by atoms with Gasteiger partial charge in [-0.05, 0) is 183 Å². The Morgan fingerprint density at radius 1 is 0.346 bits per heavy atom. The van der Waals surface area contributed by atoms with Crippen molar-refractivity contribution in [3.05, 3.63) is 264 Å². The minimum Gasteiger partial charge on any atom is -0.455 e. The summed E-state index contributed by atoms with van der Waals surface area (Å²) in [4.78, 5) is 4.68. The fraction of sp³-hybridized carbons (Fsp3) is 0.132. The molecule has 13 rings (SSSR count). The highest BCUT2D eigenvalue weighted by atomic mass is 19.1. The maximum atomic E-state index is 16.5. The lowest BCUT2D eigenvalue weighted by molar-refractivity contribution is 0.590. The third-order valence-electron chi connectivity index (χ3n) is 16.2. The molecule has 1 aromatic heterocycles. The number of nitrogens with zero attached hydrogens (tertiary/aromatic N) is 2. The first-order valence-electron chi connectivity index (χ1n) is 27.9. The van der Waals surface area contributed by atoms with Crippen LogP contribution in [0.5, 0.6) is 0 Å². The van der Waals surface area contributed by atoms with Crippen molar-refractivity contribution >= 4 is 56.1 Å². The number of aryl methyl sites for hydroxylation is 2. The van der Waals surface area contributed by atoms with E-state index in [4.69, 9.17) is 4.42 Å². The lowest BCUT2D eigenvalue weighted by atomic mass is 9.79. The summed E-state index contributed by atoms with van der Waals surface area (Å²) in [6, 6.07) is 79.1. The molecule has 1 heterocycles. The van der Waals surface area contributed by atoms with Gasteiger partial charge in [0.05, 0.1) is 22.4 Å². The van der Waals surface area contributed by atoms with Crippen molar-refractivity contribution in [3.63, 3.8) is 0 Å². The summed E-state index contributed by atoms with van der Waals surface area (Å²) in [5.41, 5.74) is 21.9. The Bertz CT molecular complexity index is 4390. The van der Waals surface area contributed by atoms with Gasteiger partial charge in [0, 0.05) is 39.1 Å². The minimum atomic E-state index is -0.384. The van der Waals surface area contributed by atoms with Crippen LogP contribution in [0.15, 0.2) is 235 Å². The number of rotatable bonds is 8. The molecule has 0 saturated carbocycles. The van der Waals surface area contributed by atoms with Gasteiger partial charge in [-0.25, -0.2) is 8.78 Å². The van der Waals surface area contributed by atoms with E-state index in [0.29, 0.717) is 22.3 Å². The molecule has 1 aliphatic carbocycles. The maximum absolute atomic E-state index is 16.5. The van der Waals surface area contributed by atoms with Crippen LogP contribution in [0.3, 0.4) is 0 Å². The van der Waals surface area contributed by atoms with E-state index in [1.54, 1.807) is 12.1 Å². The Kier molecular flexibility index (Phi) is 12.5. The quantitative estimate of drug-likeness (QED) is 0.151. The zero-order valence-corrected chi connectivity index (χ0v) is 47.0. The highest BCUT2D eigenvalue weighted by Gasteiger charge is 2.32. The molecule has 0 N–H and O–H groups in total. The van der Waals surface area contributed by atoms with Gasteiger partial charge in [-0.3, -0.25) is 0 Å². The van der Waals surface area contributed by atoms with E-state index in [1.165, 1.54) is 23.3 Å². The van der Waals surface area contributed by atoms with E-state index < -0.39 is 0 Å². The molecular formula is C76H62F2N2O. The van der Waals surface area contributed by atoms with Gasteiger partial charge >= 0.3 is 0 Å². The molecule has 0 aliphatic heterocycles. The Hall–Kier alpha value is -9.32. The van der Waals surface area contributed by atoms with Crippen LogP contribution in [0.1, 0.15) is 63.8 Å². The molecule has 396 valence electrons. The molecule has 0 amide bonds. The van der Waals surface area contributed by atoms with Gasteiger partial charge < -0.3 is 14.2 Å². The number of anilines is 6. The molecule has 0 radical (unpaired) electrons. The monoisotopic (exact) mass is 1060 g/mol. The smallest absolute Gasteiger partial charge is 0.146 e. The summed E-state index contributed by atoms with van der Waals surface area (Å²) >= 11 is 0. The Balaban J connectivity index is 1.15. The molecule has 0 atom stereocenters. The maximum Gasteiger partial charge on any atom is 0.146 e. The predicted octanol–water partition coefficient (Wildman–Crippen LogP) is 22.3. The van der Waals surface area contributed by atoms with Gasteiger partial charge in [0.2, 0.25) is 0 Å². The summed E-state index contributed by atoms with van der Waals surface area (Å²) in [5, 5.41) is 1.82. The second-order valence-electron chi connectivity index (χ2n) is 23.8. The summed E-state index contributed by atoms with van der Waals surface area (Å²) in [6.07, 6.45) is 0. The molecule has 1 aliphatic rings. The molecule has 11 aromatic carbocycles. The van der Waals surface area contributed by atoms with Crippen LogP contribution >= 0.6 is 0 Å². The summed E-state index contributed by atoms with van der Waals surface area (Å²) in [7, 11) is 0. The fourth-order valence-electron chi connectivity index (χ4n) is 12.0. The SMILES string of the molecule is Cc1ccc(N(c2ccc(C(C)(C)C)cc2)c2ccc3c(c2)-c2cc(F)ccc2-c2ccc(F)cc2-c2cc(N(c4ccc(C(C)(C)C)cc4)c4ccc(C)cc4-c4ccccc4)c4c(oc5ccccc54)c2-3)c(-c2ccccc2)c1. The van der Waals surface area contributed by atoms with Gasteiger partial charge in [-0.1, -0.05) is 186 Å². The molecule has 0 unspecified atom stereocenters. The number of benzene rings is 11. The zero-order chi connectivity index (χ0) is 55.9. The van der Waals surface area contributed by atoms with Crippen LogP contribution in [-0.4, -0.2) is 0 Å². The van der Waals surface area contributed by atoms with E-state index in [2.05, 4.69) is 235 Å². The van der Waals surface area contributed by atoms with Crippen molar-refractivity contribution in [1.82, 2.24) is 0 Å². The van der Waals surface area contributed by atoms with E-state index in [-0.39, 0.29) is 22.5 Å². The molecular weight excluding hydrogens is 995 g/mol. The van der Waals surface area contributed by atoms with Gasteiger partial charge in [0.15, 0.2) is 0 Å². The van der Waals surface area contributed by atoms with Gasteiger partial charge in [0.1, 0.15) is 22.8 Å². The van der Waals surface area contributed by atoms with Gasteiger partial charge in [-0.15, -0.1) is 0 Å². The number of fused-ring (bicyclic) bond motifs is 12. The highest BCUT2D eigenvalue weighted by molar-refractivity contribution is 6.22. The normalized spacial score (nSPS) is 12.1.